The number of aromatic hydroxyl groups is 1. The lowest BCUT2D eigenvalue weighted by Crippen LogP contribution is -2.18. The second kappa shape index (κ2) is 4.02. The summed E-state index contributed by atoms with van der Waals surface area (Å²) in [6, 6.07) is 3.18. The largest absolute Gasteiger partial charge is 0.506 e. The van der Waals surface area contributed by atoms with Gasteiger partial charge in [0.05, 0.1) is 10.5 Å². The standard InChI is InChI=1S/C9H7Br2NO3/c10-4-1-5(8(13)6(11)2-4)7-3-15-9(14)12-7/h1-2,7,13H,3H2,(H,12,14)/t7-/m1/s1. The van der Waals surface area contributed by atoms with Crippen LogP contribution in [-0.4, -0.2) is 17.8 Å². The van der Waals surface area contributed by atoms with Crippen molar-refractivity contribution in [3.63, 3.8) is 0 Å². The molecular formula is C9H7Br2NO3. The SMILES string of the molecule is O=C1N[C@@H](c2cc(Br)cc(Br)c2O)CO1. The quantitative estimate of drug-likeness (QED) is 0.829. The summed E-state index contributed by atoms with van der Waals surface area (Å²) in [4.78, 5) is 10.9. The highest BCUT2D eigenvalue weighted by atomic mass is 79.9. The first-order valence-electron chi connectivity index (χ1n) is 4.19. The van der Waals surface area contributed by atoms with Crippen molar-refractivity contribution >= 4 is 38.0 Å². The normalized spacial score (nSPS) is 19.9. The van der Waals surface area contributed by atoms with Crippen LogP contribution in [0.4, 0.5) is 4.79 Å². The Morgan fingerprint density at radius 1 is 1.47 bits per heavy atom. The van der Waals surface area contributed by atoms with E-state index < -0.39 is 6.09 Å². The van der Waals surface area contributed by atoms with Crippen molar-refractivity contribution in [1.82, 2.24) is 5.32 Å². The van der Waals surface area contributed by atoms with Crippen LogP contribution in [0, 0.1) is 0 Å². The van der Waals surface area contributed by atoms with Crippen molar-refractivity contribution < 1.29 is 14.6 Å². The smallest absolute Gasteiger partial charge is 0.407 e. The molecule has 80 valence electrons. The topological polar surface area (TPSA) is 58.6 Å². The Balaban J connectivity index is 2.39. The molecule has 1 atom stereocenters. The zero-order valence-electron chi connectivity index (χ0n) is 7.46. The fourth-order valence-corrected chi connectivity index (χ4v) is 2.66. The number of carbonyl (C=O) groups is 1. The predicted octanol–water partition coefficient (Wildman–Crippen LogP) is 2.70. The van der Waals surface area contributed by atoms with Crippen LogP contribution in [0.15, 0.2) is 21.1 Å². The molecule has 2 rings (SSSR count). The van der Waals surface area contributed by atoms with Gasteiger partial charge >= 0.3 is 6.09 Å². The molecule has 1 aliphatic heterocycles. The number of ether oxygens (including phenoxy) is 1. The number of alkyl carbamates (subject to hydrolysis) is 1. The summed E-state index contributed by atoms with van der Waals surface area (Å²) < 4.78 is 6.16. The van der Waals surface area contributed by atoms with E-state index >= 15 is 0 Å². The molecule has 0 saturated carbocycles. The maximum absolute atomic E-state index is 10.9. The van der Waals surface area contributed by atoms with Crippen molar-refractivity contribution in [2.45, 2.75) is 6.04 Å². The summed E-state index contributed by atoms with van der Waals surface area (Å²) in [6.07, 6.45) is -0.463. The number of halogens is 2. The summed E-state index contributed by atoms with van der Waals surface area (Å²) in [7, 11) is 0. The molecule has 1 aliphatic rings. The van der Waals surface area contributed by atoms with E-state index in [4.69, 9.17) is 4.74 Å². The van der Waals surface area contributed by atoms with Crippen LogP contribution in [0.2, 0.25) is 0 Å². The molecular weight excluding hydrogens is 330 g/mol. The van der Waals surface area contributed by atoms with Crippen LogP contribution in [0.1, 0.15) is 11.6 Å². The number of cyclic esters (lactones) is 1. The molecule has 0 unspecified atom stereocenters. The molecule has 0 bridgehead atoms. The Kier molecular flexibility index (Phi) is 2.88. The van der Waals surface area contributed by atoms with Gasteiger partial charge in [0.2, 0.25) is 0 Å². The van der Waals surface area contributed by atoms with Gasteiger partial charge in [-0.15, -0.1) is 0 Å². The van der Waals surface area contributed by atoms with E-state index in [1.54, 1.807) is 12.1 Å². The van der Waals surface area contributed by atoms with Gasteiger partial charge in [-0.3, -0.25) is 0 Å². The first-order valence-corrected chi connectivity index (χ1v) is 5.77. The number of hydrogen-bond donors (Lipinski definition) is 2. The Labute approximate surface area is 103 Å². The lowest BCUT2D eigenvalue weighted by molar-refractivity contribution is 0.177. The van der Waals surface area contributed by atoms with Crippen molar-refractivity contribution in [2.75, 3.05) is 6.61 Å². The predicted molar refractivity (Wildman–Crippen MR) is 60.7 cm³/mol. The summed E-state index contributed by atoms with van der Waals surface area (Å²) in [5.74, 6) is 0.119. The molecule has 0 aliphatic carbocycles. The third-order valence-corrected chi connectivity index (χ3v) is 3.17. The van der Waals surface area contributed by atoms with Crippen LogP contribution >= 0.6 is 31.9 Å². The molecule has 1 saturated heterocycles. The molecule has 1 aromatic rings. The highest BCUT2D eigenvalue weighted by molar-refractivity contribution is 9.11. The molecule has 1 amide bonds. The molecule has 1 aromatic carbocycles. The molecule has 0 radical (unpaired) electrons. The summed E-state index contributed by atoms with van der Waals surface area (Å²) in [6.45, 7) is 0.231. The van der Waals surface area contributed by atoms with Crippen molar-refractivity contribution in [1.29, 1.82) is 0 Å². The van der Waals surface area contributed by atoms with E-state index in [2.05, 4.69) is 37.2 Å². The molecule has 0 spiro atoms. The van der Waals surface area contributed by atoms with Gasteiger partial charge in [0.15, 0.2) is 0 Å². The molecule has 1 fully saturated rings. The highest BCUT2D eigenvalue weighted by Crippen LogP contribution is 2.36. The third-order valence-electron chi connectivity index (χ3n) is 2.11. The lowest BCUT2D eigenvalue weighted by Gasteiger charge is -2.11. The van der Waals surface area contributed by atoms with Gasteiger partial charge in [-0.25, -0.2) is 4.79 Å². The Bertz CT molecular complexity index is 422. The van der Waals surface area contributed by atoms with Gasteiger partial charge in [0, 0.05) is 10.0 Å². The summed E-state index contributed by atoms with van der Waals surface area (Å²) >= 11 is 6.54. The first-order chi connectivity index (χ1) is 7.08. The average Bonchev–Trinajstić information content (AvgIpc) is 2.58. The molecule has 0 aromatic heterocycles. The van der Waals surface area contributed by atoms with E-state index in [9.17, 15) is 9.90 Å². The fraction of sp³-hybridized carbons (Fsp3) is 0.222. The van der Waals surface area contributed by atoms with Gasteiger partial charge in [-0.05, 0) is 28.1 Å². The minimum absolute atomic E-state index is 0.119. The van der Waals surface area contributed by atoms with Crippen LogP contribution < -0.4 is 5.32 Å². The number of amides is 1. The van der Waals surface area contributed by atoms with E-state index in [1.807, 2.05) is 0 Å². The number of nitrogens with one attached hydrogen (secondary N) is 1. The van der Waals surface area contributed by atoms with Gasteiger partial charge < -0.3 is 15.2 Å². The Morgan fingerprint density at radius 2 is 2.20 bits per heavy atom. The van der Waals surface area contributed by atoms with Gasteiger partial charge in [-0.1, -0.05) is 15.9 Å². The van der Waals surface area contributed by atoms with Crippen molar-refractivity contribution in [3.05, 3.63) is 26.6 Å². The Hall–Kier alpha value is -0.750. The molecule has 15 heavy (non-hydrogen) atoms. The van der Waals surface area contributed by atoms with E-state index in [0.29, 0.717) is 10.0 Å². The zero-order chi connectivity index (χ0) is 11.0. The number of rotatable bonds is 1. The van der Waals surface area contributed by atoms with Gasteiger partial charge in [0.25, 0.3) is 0 Å². The van der Waals surface area contributed by atoms with Crippen LogP contribution in [0.5, 0.6) is 5.75 Å². The number of phenols is 1. The monoisotopic (exact) mass is 335 g/mol. The van der Waals surface area contributed by atoms with Crippen molar-refractivity contribution in [2.24, 2.45) is 0 Å². The van der Waals surface area contributed by atoms with Gasteiger partial charge in [-0.2, -0.15) is 0 Å². The second-order valence-corrected chi connectivity index (χ2v) is 4.89. The lowest BCUT2D eigenvalue weighted by atomic mass is 10.1. The van der Waals surface area contributed by atoms with Crippen LogP contribution in [-0.2, 0) is 4.74 Å². The maximum Gasteiger partial charge on any atom is 0.407 e. The highest BCUT2D eigenvalue weighted by Gasteiger charge is 2.27. The fourth-order valence-electron chi connectivity index (χ4n) is 1.40. The van der Waals surface area contributed by atoms with Gasteiger partial charge in [0.1, 0.15) is 12.4 Å². The van der Waals surface area contributed by atoms with Crippen LogP contribution in [0.25, 0.3) is 0 Å². The number of carbonyl (C=O) groups excluding carboxylic acids is 1. The molecule has 4 nitrogen and oxygen atoms in total. The summed E-state index contributed by atoms with van der Waals surface area (Å²) in [5, 5.41) is 12.4. The third kappa shape index (κ3) is 2.10. The second-order valence-electron chi connectivity index (χ2n) is 3.12. The van der Waals surface area contributed by atoms with Crippen LogP contribution in [0.3, 0.4) is 0 Å². The first kappa shape index (κ1) is 10.8. The zero-order valence-corrected chi connectivity index (χ0v) is 10.6. The van der Waals surface area contributed by atoms with Crippen molar-refractivity contribution in [3.8, 4) is 5.75 Å². The number of phenolic OH excluding ortho intramolecular Hbond substituents is 1. The summed E-state index contributed by atoms with van der Waals surface area (Å²) in [5.41, 5.74) is 0.627. The minimum Gasteiger partial charge on any atom is -0.506 e. The molecule has 1 heterocycles. The minimum atomic E-state index is -0.463. The van der Waals surface area contributed by atoms with E-state index in [0.717, 1.165) is 4.47 Å². The maximum atomic E-state index is 10.9. The molecule has 6 heteroatoms. The Morgan fingerprint density at radius 3 is 2.80 bits per heavy atom. The number of benzene rings is 1. The van der Waals surface area contributed by atoms with E-state index in [-0.39, 0.29) is 18.4 Å². The average molecular weight is 337 g/mol. The number of hydrogen-bond acceptors (Lipinski definition) is 3. The van der Waals surface area contributed by atoms with E-state index in [1.165, 1.54) is 0 Å². The molecule has 2 N–H and O–H groups in total.